The maximum absolute atomic E-state index is 12.2. The Kier molecular flexibility index (Phi) is 8.21. The highest BCUT2D eigenvalue weighted by molar-refractivity contribution is 5.91. The molecule has 0 spiro atoms. The third kappa shape index (κ3) is 6.95. The molecule has 7 heteroatoms. The third-order valence-corrected chi connectivity index (χ3v) is 4.44. The van der Waals surface area contributed by atoms with E-state index in [4.69, 9.17) is 9.84 Å². The lowest BCUT2D eigenvalue weighted by Crippen LogP contribution is -2.34. The maximum atomic E-state index is 12.2. The predicted octanol–water partition coefficient (Wildman–Crippen LogP) is 3.20. The third-order valence-electron chi connectivity index (χ3n) is 4.44. The van der Waals surface area contributed by atoms with Gasteiger partial charge in [-0.2, -0.15) is 0 Å². The van der Waals surface area contributed by atoms with E-state index in [9.17, 15) is 14.4 Å². The number of carboxylic acids is 1. The average Bonchev–Trinajstić information content (AvgIpc) is 2.72. The molecular formula is C22H26N2O5. The summed E-state index contributed by atoms with van der Waals surface area (Å²) in [5, 5.41) is 11.7. The molecule has 0 saturated heterocycles. The normalized spacial score (nSPS) is 10.3. The van der Waals surface area contributed by atoms with Gasteiger partial charge in [0.2, 0.25) is 5.91 Å². The standard InChI is InChI=1S/C22H26N2O5/c1-3-24(4-2)21(26)15-29-19-7-5-6-18(14-19)23-20(25)13-10-16-8-11-17(12-9-16)22(27)28/h5-9,11-12,14H,3-4,10,13,15H2,1-2H3,(H,23,25)(H,27,28). The lowest BCUT2D eigenvalue weighted by Gasteiger charge is -2.18. The Morgan fingerprint density at radius 3 is 2.34 bits per heavy atom. The molecule has 0 atom stereocenters. The summed E-state index contributed by atoms with van der Waals surface area (Å²) in [5.74, 6) is -0.718. The minimum atomic E-state index is -0.977. The number of nitrogens with one attached hydrogen (secondary N) is 1. The highest BCUT2D eigenvalue weighted by Gasteiger charge is 2.11. The van der Waals surface area contributed by atoms with Gasteiger partial charge in [-0.05, 0) is 50.1 Å². The Labute approximate surface area is 170 Å². The number of aromatic carboxylic acids is 1. The molecule has 0 bridgehead atoms. The summed E-state index contributed by atoms with van der Waals surface area (Å²) in [4.78, 5) is 36.8. The van der Waals surface area contributed by atoms with E-state index in [0.717, 1.165) is 5.56 Å². The molecule has 0 radical (unpaired) electrons. The minimum absolute atomic E-state index is 0.0502. The first-order chi connectivity index (χ1) is 13.9. The van der Waals surface area contributed by atoms with Crippen molar-refractivity contribution in [2.45, 2.75) is 26.7 Å². The molecule has 2 amide bonds. The Balaban J connectivity index is 1.85. The fourth-order valence-electron chi connectivity index (χ4n) is 2.77. The summed E-state index contributed by atoms with van der Waals surface area (Å²) >= 11 is 0. The number of aryl methyl sites for hydroxylation is 1. The Morgan fingerprint density at radius 2 is 1.72 bits per heavy atom. The minimum Gasteiger partial charge on any atom is -0.484 e. The van der Waals surface area contributed by atoms with E-state index < -0.39 is 5.97 Å². The fraction of sp³-hybridized carbons (Fsp3) is 0.318. The van der Waals surface area contributed by atoms with Crippen molar-refractivity contribution < 1.29 is 24.2 Å². The molecule has 2 rings (SSSR count). The zero-order valence-corrected chi connectivity index (χ0v) is 16.7. The van der Waals surface area contributed by atoms with Gasteiger partial charge in [0.1, 0.15) is 5.75 Å². The van der Waals surface area contributed by atoms with Gasteiger partial charge in [0.25, 0.3) is 5.91 Å². The summed E-state index contributed by atoms with van der Waals surface area (Å²) < 4.78 is 5.54. The van der Waals surface area contributed by atoms with Gasteiger partial charge in [0, 0.05) is 31.3 Å². The van der Waals surface area contributed by atoms with Crippen molar-refractivity contribution in [1.29, 1.82) is 0 Å². The van der Waals surface area contributed by atoms with Crippen LogP contribution in [0.4, 0.5) is 5.69 Å². The van der Waals surface area contributed by atoms with Crippen LogP contribution in [0.2, 0.25) is 0 Å². The molecular weight excluding hydrogens is 372 g/mol. The number of rotatable bonds is 10. The van der Waals surface area contributed by atoms with Crippen LogP contribution >= 0.6 is 0 Å². The number of likely N-dealkylation sites (N-methyl/N-ethyl adjacent to an activating group) is 1. The van der Waals surface area contributed by atoms with E-state index in [2.05, 4.69) is 5.32 Å². The quantitative estimate of drug-likeness (QED) is 0.641. The summed E-state index contributed by atoms with van der Waals surface area (Å²) in [7, 11) is 0. The number of carboxylic acid groups (broad SMARTS) is 1. The van der Waals surface area contributed by atoms with Gasteiger partial charge in [0.05, 0.1) is 5.56 Å². The van der Waals surface area contributed by atoms with Crippen molar-refractivity contribution in [1.82, 2.24) is 4.90 Å². The van der Waals surface area contributed by atoms with Gasteiger partial charge in [-0.25, -0.2) is 4.79 Å². The van der Waals surface area contributed by atoms with Gasteiger partial charge in [-0.15, -0.1) is 0 Å². The number of benzene rings is 2. The highest BCUT2D eigenvalue weighted by atomic mass is 16.5. The monoisotopic (exact) mass is 398 g/mol. The molecule has 0 saturated carbocycles. The molecule has 29 heavy (non-hydrogen) atoms. The second-order valence-corrected chi connectivity index (χ2v) is 6.43. The zero-order valence-electron chi connectivity index (χ0n) is 16.7. The zero-order chi connectivity index (χ0) is 21.2. The number of ether oxygens (including phenoxy) is 1. The molecule has 2 N–H and O–H groups in total. The summed E-state index contributed by atoms with van der Waals surface area (Å²) in [6.07, 6.45) is 0.762. The molecule has 0 aliphatic heterocycles. The lowest BCUT2D eigenvalue weighted by molar-refractivity contribution is -0.133. The molecule has 2 aromatic rings. The fourth-order valence-corrected chi connectivity index (χ4v) is 2.77. The largest absolute Gasteiger partial charge is 0.484 e. The number of hydrogen-bond acceptors (Lipinski definition) is 4. The van der Waals surface area contributed by atoms with Gasteiger partial charge < -0.3 is 20.1 Å². The molecule has 0 heterocycles. The van der Waals surface area contributed by atoms with Crippen molar-refractivity contribution in [2.75, 3.05) is 25.0 Å². The van der Waals surface area contributed by atoms with E-state index in [-0.39, 0.29) is 30.4 Å². The van der Waals surface area contributed by atoms with Crippen LogP contribution in [0.5, 0.6) is 5.75 Å². The van der Waals surface area contributed by atoms with Crippen LogP contribution in [0.1, 0.15) is 36.2 Å². The van der Waals surface area contributed by atoms with E-state index in [0.29, 0.717) is 30.9 Å². The van der Waals surface area contributed by atoms with Gasteiger partial charge in [0.15, 0.2) is 6.61 Å². The lowest BCUT2D eigenvalue weighted by atomic mass is 10.1. The van der Waals surface area contributed by atoms with E-state index in [1.165, 1.54) is 12.1 Å². The molecule has 0 aliphatic rings. The van der Waals surface area contributed by atoms with Crippen LogP contribution in [-0.4, -0.2) is 47.5 Å². The average molecular weight is 398 g/mol. The highest BCUT2D eigenvalue weighted by Crippen LogP contribution is 2.18. The van der Waals surface area contributed by atoms with Crippen LogP contribution in [0, 0.1) is 0 Å². The topological polar surface area (TPSA) is 95.9 Å². The van der Waals surface area contributed by atoms with Crippen LogP contribution in [0.15, 0.2) is 48.5 Å². The molecule has 154 valence electrons. The van der Waals surface area contributed by atoms with Crippen LogP contribution in [0.25, 0.3) is 0 Å². The summed E-state index contributed by atoms with van der Waals surface area (Å²) in [5.41, 5.74) is 1.69. The number of amides is 2. The van der Waals surface area contributed by atoms with E-state index in [1.807, 2.05) is 13.8 Å². The Hall–Kier alpha value is -3.35. The van der Waals surface area contributed by atoms with Crippen molar-refractivity contribution in [3.63, 3.8) is 0 Å². The van der Waals surface area contributed by atoms with E-state index >= 15 is 0 Å². The number of carbonyl (C=O) groups is 3. The first-order valence-corrected chi connectivity index (χ1v) is 9.55. The summed E-state index contributed by atoms with van der Waals surface area (Å²) in [6.45, 7) is 5.04. The molecule has 0 aliphatic carbocycles. The first-order valence-electron chi connectivity index (χ1n) is 9.55. The SMILES string of the molecule is CCN(CC)C(=O)COc1cccc(NC(=O)CCc2ccc(C(=O)O)cc2)c1. The van der Waals surface area contributed by atoms with Crippen LogP contribution in [0.3, 0.4) is 0 Å². The number of hydrogen-bond donors (Lipinski definition) is 2. The summed E-state index contributed by atoms with van der Waals surface area (Å²) in [6, 6.07) is 13.4. The van der Waals surface area contributed by atoms with Crippen molar-refractivity contribution in [2.24, 2.45) is 0 Å². The Morgan fingerprint density at radius 1 is 1.03 bits per heavy atom. The van der Waals surface area contributed by atoms with Gasteiger partial charge in [-0.3, -0.25) is 9.59 Å². The van der Waals surface area contributed by atoms with Crippen molar-refractivity contribution in [3.8, 4) is 5.75 Å². The first kappa shape index (κ1) is 21.9. The number of nitrogens with zero attached hydrogens (tertiary/aromatic N) is 1. The second kappa shape index (κ2) is 10.8. The number of carbonyl (C=O) groups excluding carboxylic acids is 2. The predicted molar refractivity (Wildman–Crippen MR) is 110 cm³/mol. The van der Waals surface area contributed by atoms with E-state index in [1.54, 1.807) is 41.3 Å². The molecule has 0 unspecified atom stereocenters. The number of anilines is 1. The van der Waals surface area contributed by atoms with Crippen molar-refractivity contribution in [3.05, 3.63) is 59.7 Å². The molecule has 7 nitrogen and oxygen atoms in total. The van der Waals surface area contributed by atoms with Gasteiger partial charge in [-0.1, -0.05) is 18.2 Å². The molecule has 0 fully saturated rings. The smallest absolute Gasteiger partial charge is 0.335 e. The Bertz CT molecular complexity index is 845. The van der Waals surface area contributed by atoms with Crippen molar-refractivity contribution >= 4 is 23.5 Å². The van der Waals surface area contributed by atoms with Crippen LogP contribution < -0.4 is 10.1 Å². The molecule has 0 aromatic heterocycles. The second-order valence-electron chi connectivity index (χ2n) is 6.43. The molecule has 2 aromatic carbocycles. The van der Waals surface area contributed by atoms with Gasteiger partial charge >= 0.3 is 5.97 Å². The van der Waals surface area contributed by atoms with Crippen LogP contribution in [-0.2, 0) is 16.0 Å². The maximum Gasteiger partial charge on any atom is 0.335 e.